The molecule has 0 aromatic carbocycles. The molecule has 96 valence electrons. The fourth-order valence-corrected chi connectivity index (χ4v) is 2.17. The van der Waals surface area contributed by atoms with E-state index in [0.717, 1.165) is 25.7 Å². The first kappa shape index (κ1) is 13.9. The Hall–Kier alpha value is -1.19. The van der Waals surface area contributed by atoms with Crippen molar-refractivity contribution in [2.45, 2.75) is 46.0 Å². The number of carbonyl (C=O) groups excluding carboxylic acids is 3. The summed E-state index contributed by atoms with van der Waals surface area (Å²) in [7, 11) is 0. The topological polar surface area (TPSA) is 60.4 Å². The molecule has 0 heterocycles. The highest BCUT2D eigenvalue weighted by atomic mass is 16.5. The van der Waals surface area contributed by atoms with Gasteiger partial charge >= 0.3 is 5.97 Å². The number of esters is 1. The lowest BCUT2D eigenvalue weighted by atomic mass is 9.80. The SMILES string of the molecule is CCOC(=O)C(=O)CC(=O)C1CCC(C)CC1. The lowest BCUT2D eigenvalue weighted by Crippen LogP contribution is -2.26. The van der Waals surface area contributed by atoms with Crippen LogP contribution in [0.15, 0.2) is 0 Å². The quantitative estimate of drug-likeness (QED) is 0.418. The van der Waals surface area contributed by atoms with E-state index in [0.29, 0.717) is 5.92 Å². The smallest absolute Gasteiger partial charge is 0.375 e. The lowest BCUT2D eigenvalue weighted by Gasteiger charge is -2.24. The molecule has 17 heavy (non-hydrogen) atoms. The van der Waals surface area contributed by atoms with E-state index in [4.69, 9.17) is 0 Å². The molecule has 0 aromatic rings. The van der Waals surface area contributed by atoms with Crippen molar-refractivity contribution in [3.63, 3.8) is 0 Å². The highest BCUT2D eigenvalue weighted by Crippen LogP contribution is 2.29. The van der Waals surface area contributed by atoms with Crippen LogP contribution in [0, 0.1) is 11.8 Å². The van der Waals surface area contributed by atoms with Gasteiger partial charge in [-0.05, 0) is 25.7 Å². The molecule has 0 bridgehead atoms. The van der Waals surface area contributed by atoms with E-state index < -0.39 is 11.8 Å². The van der Waals surface area contributed by atoms with E-state index >= 15 is 0 Å². The molecule has 0 saturated heterocycles. The molecule has 0 amide bonds. The zero-order valence-electron chi connectivity index (χ0n) is 10.5. The van der Waals surface area contributed by atoms with E-state index in [2.05, 4.69) is 11.7 Å². The van der Waals surface area contributed by atoms with Gasteiger partial charge in [-0.25, -0.2) is 4.79 Å². The van der Waals surface area contributed by atoms with E-state index in [-0.39, 0.29) is 24.7 Å². The zero-order chi connectivity index (χ0) is 12.8. The van der Waals surface area contributed by atoms with Crippen LogP contribution in [-0.2, 0) is 19.1 Å². The minimum absolute atomic E-state index is 0.0374. The third kappa shape index (κ3) is 4.29. The van der Waals surface area contributed by atoms with Crippen molar-refractivity contribution in [3.8, 4) is 0 Å². The van der Waals surface area contributed by atoms with Crippen LogP contribution in [0.1, 0.15) is 46.0 Å². The predicted molar refractivity (Wildman–Crippen MR) is 62.4 cm³/mol. The number of hydrogen-bond donors (Lipinski definition) is 0. The summed E-state index contributed by atoms with van der Waals surface area (Å²) >= 11 is 0. The molecular formula is C13H20O4. The molecule has 1 aliphatic rings. The van der Waals surface area contributed by atoms with Crippen molar-refractivity contribution in [1.29, 1.82) is 0 Å². The highest BCUT2D eigenvalue weighted by Gasteiger charge is 2.27. The number of hydrogen-bond acceptors (Lipinski definition) is 4. The average molecular weight is 240 g/mol. The van der Waals surface area contributed by atoms with Gasteiger partial charge < -0.3 is 4.74 Å². The van der Waals surface area contributed by atoms with Crippen LogP contribution in [0.3, 0.4) is 0 Å². The molecule has 1 rings (SSSR count). The Kier molecular flexibility index (Phi) is 5.32. The third-order valence-corrected chi connectivity index (χ3v) is 3.31. The first-order chi connectivity index (χ1) is 8.04. The van der Waals surface area contributed by atoms with Crippen LogP contribution in [-0.4, -0.2) is 24.1 Å². The predicted octanol–water partition coefficient (Wildman–Crippen LogP) is 1.90. The maximum Gasteiger partial charge on any atom is 0.375 e. The van der Waals surface area contributed by atoms with Gasteiger partial charge in [0.05, 0.1) is 13.0 Å². The van der Waals surface area contributed by atoms with Gasteiger partial charge in [0.2, 0.25) is 5.78 Å². The Morgan fingerprint density at radius 1 is 1.12 bits per heavy atom. The number of Topliss-reactive ketones (excluding diaryl/α,β-unsaturated/α-hetero) is 2. The summed E-state index contributed by atoms with van der Waals surface area (Å²) in [5.41, 5.74) is 0. The fourth-order valence-electron chi connectivity index (χ4n) is 2.17. The molecule has 0 atom stereocenters. The van der Waals surface area contributed by atoms with Gasteiger partial charge in [0.15, 0.2) is 0 Å². The van der Waals surface area contributed by atoms with Crippen LogP contribution < -0.4 is 0 Å². The Balaban J connectivity index is 2.38. The second-order valence-corrected chi connectivity index (χ2v) is 4.74. The maximum atomic E-state index is 11.8. The van der Waals surface area contributed by atoms with Crippen molar-refractivity contribution in [2.24, 2.45) is 11.8 Å². The van der Waals surface area contributed by atoms with E-state index in [1.54, 1.807) is 6.92 Å². The monoisotopic (exact) mass is 240 g/mol. The van der Waals surface area contributed by atoms with Crippen LogP contribution in [0.5, 0.6) is 0 Å². The Morgan fingerprint density at radius 2 is 1.71 bits per heavy atom. The summed E-state index contributed by atoms with van der Waals surface area (Å²) in [5, 5.41) is 0. The van der Waals surface area contributed by atoms with E-state index in [9.17, 15) is 14.4 Å². The van der Waals surface area contributed by atoms with Crippen LogP contribution >= 0.6 is 0 Å². The molecule has 0 aliphatic heterocycles. The molecule has 0 unspecified atom stereocenters. The van der Waals surface area contributed by atoms with Gasteiger partial charge in [-0.2, -0.15) is 0 Å². The van der Waals surface area contributed by atoms with E-state index in [1.165, 1.54) is 0 Å². The van der Waals surface area contributed by atoms with Crippen LogP contribution in [0.25, 0.3) is 0 Å². The summed E-state index contributed by atoms with van der Waals surface area (Å²) in [6.45, 7) is 3.97. The number of carbonyl (C=O) groups is 3. The average Bonchev–Trinajstić information content (AvgIpc) is 2.30. The molecular weight excluding hydrogens is 220 g/mol. The minimum atomic E-state index is -0.884. The minimum Gasteiger partial charge on any atom is -0.460 e. The molecule has 0 aromatic heterocycles. The van der Waals surface area contributed by atoms with Crippen LogP contribution in [0.4, 0.5) is 0 Å². The maximum absolute atomic E-state index is 11.8. The standard InChI is InChI=1S/C13H20O4/c1-3-17-13(16)12(15)8-11(14)10-6-4-9(2)5-7-10/h9-10H,3-8H2,1-2H3. The molecule has 4 nitrogen and oxygen atoms in total. The second-order valence-electron chi connectivity index (χ2n) is 4.74. The van der Waals surface area contributed by atoms with Crippen molar-refractivity contribution in [3.05, 3.63) is 0 Å². The van der Waals surface area contributed by atoms with Crippen LogP contribution in [0.2, 0.25) is 0 Å². The number of ether oxygens (including phenoxy) is 1. The van der Waals surface area contributed by atoms with Gasteiger partial charge in [-0.15, -0.1) is 0 Å². The molecule has 0 N–H and O–H groups in total. The highest BCUT2D eigenvalue weighted by molar-refractivity contribution is 6.37. The van der Waals surface area contributed by atoms with Gasteiger partial charge in [0, 0.05) is 5.92 Å². The number of ketones is 2. The van der Waals surface area contributed by atoms with Crippen molar-refractivity contribution in [1.82, 2.24) is 0 Å². The second kappa shape index (κ2) is 6.52. The molecule has 4 heteroatoms. The van der Waals surface area contributed by atoms with Gasteiger partial charge in [-0.1, -0.05) is 19.8 Å². The first-order valence-electron chi connectivity index (χ1n) is 6.27. The normalized spacial score (nSPS) is 24.1. The third-order valence-electron chi connectivity index (χ3n) is 3.31. The summed E-state index contributed by atoms with van der Waals surface area (Å²) in [6, 6.07) is 0. The summed E-state index contributed by atoms with van der Waals surface area (Å²) in [4.78, 5) is 34.2. The van der Waals surface area contributed by atoms with Gasteiger partial charge in [0.25, 0.3) is 0 Å². The van der Waals surface area contributed by atoms with Crippen molar-refractivity contribution < 1.29 is 19.1 Å². The van der Waals surface area contributed by atoms with E-state index in [1.807, 2.05) is 0 Å². The molecule has 0 spiro atoms. The Labute approximate surface area is 102 Å². The van der Waals surface area contributed by atoms with Gasteiger partial charge in [0.1, 0.15) is 5.78 Å². The fraction of sp³-hybridized carbons (Fsp3) is 0.769. The van der Waals surface area contributed by atoms with Gasteiger partial charge in [-0.3, -0.25) is 9.59 Å². The largest absolute Gasteiger partial charge is 0.460 e. The Morgan fingerprint density at radius 3 is 2.24 bits per heavy atom. The van der Waals surface area contributed by atoms with Crippen molar-refractivity contribution in [2.75, 3.05) is 6.61 Å². The van der Waals surface area contributed by atoms with Crippen molar-refractivity contribution >= 4 is 17.5 Å². The zero-order valence-corrected chi connectivity index (χ0v) is 10.5. The molecule has 1 saturated carbocycles. The summed E-state index contributed by atoms with van der Waals surface area (Å²) in [5.74, 6) is -1.07. The molecule has 1 aliphatic carbocycles. The summed E-state index contributed by atoms with van der Waals surface area (Å²) < 4.78 is 4.57. The molecule has 0 radical (unpaired) electrons. The lowest BCUT2D eigenvalue weighted by molar-refractivity contribution is -0.154. The first-order valence-corrected chi connectivity index (χ1v) is 6.27. The molecule has 1 fully saturated rings. The summed E-state index contributed by atoms with van der Waals surface area (Å²) in [6.07, 6.45) is 3.46. The Bertz CT molecular complexity index is 301. The number of rotatable bonds is 5.